The molecule has 1 unspecified atom stereocenters. The number of anilines is 1. The summed E-state index contributed by atoms with van der Waals surface area (Å²) in [5.74, 6) is -0.458. The molecule has 2 aliphatic rings. The van der Waals surface area contributed by atoms with Crippen LogP contribution in [0.15, 0.2) is 24.3 Å². The van der Waals surface area contributed by atoms with E-state index in [2.05, 4.69) is 84.3 Å². The van der Waals surface area contributed by atoms with Gasteiger partial charge in [0.05, 0.1) is 0 Å². The predicted molar refractivity (Wildman–Crippen MR) is 160 cm³/mol. The highest BCUT2D eigenvalue weighted by molar-refractivity contribution is 6.05. The molecule has 2 heterocycles. The monoisotopic (exact) mass is 549 g/mol. The summed E-state index contributed by atoms with van der Waals surface area (Å²) in [6.45, 7) is 17.1. The van der Waals surface area contributed by atoms with E-state index in [1.54, 1.807) is 0 Å². The van der Waals surface area contributed by atoms with Crippen molar-refractivity contribution in [1.29, 1.82) is 0 Å². The zero-order valence-corrected chi connectivity index (χ0v) is 25.2. The van der Waals surface area contributed by atoms with E-state index in [-0.39, 0.29) is 23.0 Å². The van der Waals surface area contributed by atoms with Crippen molar-refractivity contribution in [2.45, 2.75) is 92.3 Å². The van der Waals surface area contributed by atoms with Gasteiger partial charge in [-0.25, -0.2) is 0 Å². The number of rotatable bonds is 10. The zero-order chi connectivity index (χ0) is 29.0. The first-order chi connectivity index (χ1) is 19.0. The lowest BCUT2D eigenvalue weighted by Gasteiger charge is -2.38. The quantitative estimate of drug-likeness (QED) is 0.402. The maximum absolute atomic E-state index is 13.3. The molecule has 0 bridgehead atoms. The molecule has 4 rings (SSSR count). The number of fused-ring (bicyclic) bond motifs is 1. The highest BCUT2D eigenvalue weighted by Gasteiger charge is 2.35. The topological polar surface area (TPSA) is 97.5 Å². The van der Waals surface area contributed by atoms with Crippen LogP contribution < -0.4 is 15.5 Å². The summed E-state index contributed by atoms with van der Waals surface area (Å²) in [5, 5.41) is 5.97. The van der Waals surface area contributed by atoms with Gasteiger partial charge in [0.15, 0.2) is 5.78 Å². The molecular weight excluding hydrogens is 502 g/mol. The third-order valence-corrected chi connectivity index (χ3v) is 8.41. The third-order valence-electron chi connectivity index (χ3n) is 8.41. The van der Waals surface area contributed by atoms with Crippen molar-refractivity contribution in [3.05, 3.63) is 52.3 Å². The predicted octanol–water partition coefficient (Wildman–Crippen LogP) is 4.61. The van der Waals surface area contributed by atoms with Gasteiger partial charge in [-0.15, -0.1) is 0 Å². The molecule has 0 spiro atoms. The van der Waals surface area contributed by atoms with E-state index in [4.69, 9.17) is 0 Å². The van der Waals surface area contributed by atoms with Crippen molar-refractivity contribution >= 4 is 23.3 Å². The fourth-order valence-electron chi connectivity index (χ4n) is 6.00. The van der Waals surface area contributed by atoms with Crippen LogP contribution >= 0.6 is 0 Å². The minimum atomic E-state index is -0.643. The van der Waals surface area contributed by atoms with Gasteiger partial charge in [-0.05, 0) is 62.3 Å². The Bertz CT molecular complexity index is 1210. The van der Waals surface area contributed by atoms with Crippen LogP contribution in [-0.4, -0.2) is 65.7 Å². The van der Waals surface area contributed by atoms with Gasteiger partial charge in [0, 0.05) is 62.1 Å². The van der Waals surface area contributed by atoms with E-state index in [1.165, 1.54) is 5.69 Å². The van der Waals surface area contributed by atoms with E-state index in [0.29, 0.717) is 42.2 Å². The number of piperazine rings is 1. The van der Waals surface area contributed by atoms with Crippen molar-refractivity contribution in [2.75, 3.05) is 31.1 Å². The smallest absolute Gasteiger partial charge is 0.268 e. The van der Waals surface area contributed by atoms with Crippen molar-refractivity contribution < 1.29 is 14.4 Å². The van der Waals surface area contributed by atoms with Crippen LogP contribution in [0.3, 0.4) is 0 Å². The number of nitrogens with zero attached hydrogens (tertiary/aromatic N) is 2. The molecule has 8 nitrogen and oxygen atoms in total. The maximum atomic E-state index is 13.3. The minimum absolute atomic E-state index is 0.0724. The first-order valence-corrected chi connectivity index (χ1v) is 14.9. The number of ketones is 1. The summed E-state index contributed by atoms with van der Waals surface area (Å²) in [6.07, 6.45) is 3.49. The molecule has 1 atom stereocenters. The largest absolute Gasteiger partial charge is 0.369 e. The van der Waals surface area contributed by atoms with Gasteiger partial charge in [-0.3, -0.25) is 19.3 Å². The summed E-state index contributed by atoms with van der Waals surface area (Å²) in [5.41, 5.74) is 4.61. The number of aromatic nitrogens is 1. The van der Waals surface area contributed by atoms with Gasteiger partial charge >= 0.3 is 0 Å². The van der Waals surface area contributed by atoms with Gasteiger partial charge in [-0.1, -0.05) is 45.7 Å². The van der Waals surface area contributed by atoms with Crippen molar-refractivity contribution in [2.24, 2.45) is 5.41 Å². The second kappa shape index (κ2) is 12.6. The summed E-state index contributed by atoms with van der Waals surface area (Å²) >= 11 is 0. The average molecular weight is 550 g/mol. The zero-order valence-electron chi connectivity index (χ0n) is 25.2. The molecular formula is C32H47N5O3. The molecule has 0 radical (unpaired) electrons. The number of benzene rings is 1. The molecule has 1 aliphatic heterocycles. The lowest BCUT2D eigenvalue weighted by molar-refractivity contribution is -0.123. The molecule has 1 aromatic carbocycles. The van der Waals surface area contributed by atoms with Crippen LogP contribution in [0.2, 0.25) is 0 Å². The highest BCUT2D eigenvalue weighted by atomic mass is 16.2. The molecule has 1 fully saturated rings. The summed E-state index contributed by atoms with van der Waals surface area (Å²) < 4.78 is 0. The minimum Gasteiger partial charge on any atom is -0.369 e. The molecule has 8 heteroatoms. The number of Topliss-reactive ketones (excluding diaryl/α,β-unsaturated/α-hetero) is 1. The number of aromatic amines is 1. The fourth-order valence-corrected chi connectivity index (χ4v) is 6.00. The Labute approximate surface area is 239 Å². The Morgan fingerprint density at radius 1 is 1.05 bits per heavy atom. The number of hydrogen-bond donors (Lipinski definition) is 3. The van der Waals surface area contributed by atoms with Crippen molar-refractivity contribution in [3.8, 4) is 0 Å². The van der Waals surface area contributed by atoms with Crippen LogP contribution in [0.5, 0.6) is 0 Å². The number of amides is 2. The molecule has 218 valence electrons. The van der Waals surface area contributed by atoms with E-state index in [9.17, 15) is 14.4 Å². The van der Waals surface area contributed by atoms with Crippen molar-refractivity contribution in [3.63, 3.8) is 0 Å². The lowest BCUT2D eigenvalue weighted by Crippen LogP contribution is -2.48. The number of hydrogen-bond acceptors (Lipinski definition) is 5. The van der Waals surface area contributed by atoms with Crippen LogP contribution in [0.1, 0.15) is 98.0 Å². The number of unbranched alkanes of at least 4 members (excludes halogenated alkanes) is 1. The normalized spacial score (nSPS) is 18.0. The number of nitrogens with one attached hydrogen (secondary N) is 3. The number of H-pyrrole nitrogens is 1. The molecule has 1 saturated heterocycles. The van der Waals surface area contributed by atoms with Gasteiger partial charge in [-0.2, -0.15) is 0 Å². The molecule has 2 aromatic rings. The SMILES string of the molecule is CCCCC(NC(=O)c1[nH]c2c(c1C)C(=O)CC(C)(C)C2)C(=O)NCc1ccc(N2CCN(C(C)C)CC2)cc1. The fraction of sp³-hybridized carbons (Fsp3) is 0.594. The molecule has 2 amide bonds. The Hall–Kier alpha value is -3.13. The standard InChI is InChI=1S/C32H47N5O3/c1-7-8-9-25(35-31(40)29-22(4)28-26(34-29)18-32(5,6)19-27(28)38)30(39)33-20-23-10-12-24(13-11-23)37-16-14-36(15-17-37)21(2)3/h10-13,21,25,34H,7-9,14-20H2,1-6H3,(H,33,39)(H,35,40). The van der Waals surface area contributed by atoms with E-state index in [1.807, 2.05) is 6.92 Å². The Morgan fingerprint density at radius 3 is 2.35 bits per heavy atom. The van der Waals surface area contributed by atoms with E-state index >= 15 is 0 Å². The van der Waals surface area contributed by atoms with E-state index < -0.39 is 6.04 Å². The Balaban J connectivity index is 1.36. The first-order valence-electron chi connectivity index (χ1n) is 14.9. The highest BCUT2D eigenvalue weighted by Crippen LogP contribution is 2.36. The Morgan fingerprint density at radius 2 is 1.73 bits per heavy atom. The van der Waals surface area contributed by atoms with Crippen LogP contribution in [-0.2, 0) is 17.8 Å². The molecule has 3 N–H and O–H groups in total. The summed E-state index contributed by atoms with van der Waals surface area (Å²) in [7, 11) is 0. The van der Waals surface area contributed by atoms with Crippen LogP contribution in [0.25, 0.3) is 0 Å². The summed E-state index contributed by atoms with van der Waals surface area (Å²) in [6, 6.07) is 8.32. The Kier molecular flexibility index (Phi) is 9.39. The molecule has 40 heavy (non-hydrogen) atoms. The average Bonchev–Trinajstić information content (AvgIpc) is 3.25. The third kappa shape index (κ3) is 6.95. The summed E-state index contributed by atoms with van der Waals surface area (Å²) in [4.78, 5) is 47.4. The lowest BCUT2D eigenvalue weighted by atomic mass is 9.75. The number of carbonyl (C=O) groups excluding carboxylic acids is 3. The van der Waals surface area contributed by atoms with Crippen LogP contribution in [0.4, 0.5) is 5.69 Å². The van der Waals surface area contributed by atoms with Gasteiger partial charge in [0.2, 0.25) is 5.91 Å². The number of carbonyl (C=O) groups is 3. The molecule has 1 aliphatic carbocycles. The van der Waals surface area contributed by atoms with Crippen molar-refractivity contribution in [1.82, 2.24) is 20.5 Å². The van der Waals surface area contributed by atoms with E-state index in [0.717, 1.165) is 56.7 Å². The first kappa shape index (κ1) is 29.8. The maximum Gasteiger partial charge on any atom is 0.268 e. The molecule has 1 aromatic heterocycles. The van der Waals surface area contributed by atoms with Gasteiger partial charge in [0.25, 0.3) is 5.91 Å². The second-order valence-corrected chi connectivity index (χ2v) is 12.6. The second-order valence-electron chi connectivity index (χ2n) is 12.6. The van der Waals surface area contributed by atoms with Crippen LogP contribution in [0, 0.1) is 12.3 Å². The molecule has 0 saturated carbocycles. The van der Waals surface area contributed by atoms with Gasteiger partial charge < -0.3 is 20.5 Å². The van der Waals surface area contributed by atoms with Gasteiger partial charge in [0.1, 0.15) is 11.7 Å².